The summed E-state index contributed by atoms with van der Waals surface area (Å²) in [6.45, 7) is 8.58. The molecule has 126 valence electrons. The van der Waals surface area contributed by atoms with Crippen LogP contribution in [0.1, 0.15) is 91.4 Å². The van der Waals surface area contributed by atoms with Crippen LogP contribution in [0.25, 0.3) is 0 Å². The zero-order chi connectivity index (χ0) is 15.6. The fourth-order valence-corrected chi connectivity index (χ4v) is 3.59. The number of hydrogen-bond acceptors (Lipinski definition) is 2. The Morgan fingerprint density at radius 2 is 1.57 bits per heavy atom. The molecule has 21 heavy (non-hydrogen) atoms. The Labute approximate surface area is 133 Å². The van der Waals surface area contributed by atoms with Crippen LogP contribution in [-0.2, 0) is 4.74 Å². The van der Waals surface area contributed by atoms with Gasteiger partial charge in [-0.05, 0) is 43.9 Å². The SMILES string of the molecule is CCCCCCCCCOC1(CN)CCC(C(C)C)CC1. The standard InChI is InChI=1S/C19H39NO/c1-4-5-6-7-8-9-10-15-21-19(16-20)13-11-18(12-14-19)17(2)3/h17-18H,4-16,20H2,1-3H3. The summed E-state index contributed by atoms with van der Waals surface area (Å²) in [4.78, 5) is 0. The molecule has 0 heterocycles. The average molecular weight is 298 g/mol. The van der Waals surface area contributed by atoms with Crippen molar-refractivity contribution in [1.82, 2.24) is 0 Å². The van der Waals surface area contributed by atoms with E-state index in [1.807, 2.05) is 0 Å². The lowest BCUT2D eigenvalue weighted by Crippen LogP contribution is -2.44. The third-order valence-corrected chi connectivity index (χ3v) is 5.41. The van der Waals surface area contributed by atoms with Crippen LogP contribution in [0.4, 0.5) is 0 Å². The van der Waals surface area contributed by atoms with Gasteiger partial charge in [0.1, 0.15) is 0 Å². The fraction of sp³-hybridized carbons (Fsp3) is 1.00. The van der Waals surface area contributed by atoms with E-state index in [0.717, 1.165) is 18.4 Å². The monoisotopic (exact) mass is 297 g/mol. The van der Waals surface area contributed by atoms with E-state index in [4.69, 9.17) is 10.5 Å². The Kier molecular flexibility index (Phi) is 9.59. The van der Waals surface area contributed by atoms with E-state index in [1.54, 1.807) is 0 Å². The highest BCUT2D eigenvalue weighted by Crippen LogP contribution is 2.37. The van der Waals surface area contributed by atoms with Gasteiger partial charge in [0.2, 0.25) is 0 Å². The van der Waals surface area contributed by atoms with Crippen LogP contribution in [0, 0.1) is 11.8 Å². The summed E-state index contributed by atoms with van der Waals surface area (Å²) < 4.78 is 6.25. The Hall–Kier alpha value is -0.0800. The quantitative estimate of drug-likeness (QED) is 0.525. The molecule has 0 aromatic heterocycles. The van der Waals surface area contributed by atoms with Crippen LogP contribution in [0.2, 0.25) is 0 Å². The number of nitrogens with two attached hydrogens (primary N) is 1. The zero-order valence-corrected chi connectivity index (χ0v) is 14.8. The molecule has 1 rings (SSSR count). The lowest BCUT2D eigenvalue weighted by Gasteiger charge is -2.40. The summed E-state index contributed by atoms with van der Waals surface area (Å²) in [6, 6.07) is 0. The molecule has 0 aromatic rings. The van der Waals surface area contributed by atoms with Crippen LogP contribution in [0.5, 0.6) is 0 Å². The van der Waals surface area contributed by atoms with Crippen molar-refractivity contribution in [3.05, 3.63) is 0 Å². The van der Waals surface area contributed by atoms with Gasteiger partial charge in [-0.2, -0.15) is 0 Å². The number of unbranched alkanes of at least 4 members (excludes halogenated alkanes) is 6. The van der Waals surface area contributed by atoms with Crippen LogP contribution in [-0.4, -0.2) is 18.8 Å². The Morgan fingerprint density at radius 3 is 2.10 bits per heavy atom. The van der Waals surface area contributed by atoms with Gasteiger partial charge in [0.05, 0.1) is 5.60 Å². The highest BCUT2D eigenvalue weighted by molar-refractivity contribution is 4.89. The molecule has 1 aliphatic rings. The molecule has 0 radical (unpaired) electrons. The minimum absolute atomic E-state index is 0.00754. The molecule has 2 nitrogen and oxygen atoms in total. The first kappa shape index (κ1) is 19.0. The average Bonchev–Trinajstić information content (AvgIpc) is 2.50. The van der Waals surface area contributed by atoms with Gasteiger partial charge in [-0.25, -0.2) is 0 Å². The third-order valence-electron chi connectivity index (χ3n) is 5.41. The smallest absolute Gasteiger partial charge is 0.0804 e. The van der Waals surface area contributed by atoms with Crippen LogP contribution >= 0.6 is 0 Å². The summed E-state index contributed by atoms with van der Waals surface area (Å²) in [5.74, 6) is 1.69. The van der Waals surface area contributed by atoms with Gasteiger partial charge in [0, 0.05) is 13.2 Å². The minimum Gasteiger partial charge on any atom is -0.374 e. The molecular weight excluding hydrogens is 258 g/mol. The summed E-state index contributed by atoms with van der Waals surface area (Å²) in [7, 11) is 0. The van der Waals surface area contributed by atoms with E-state index in [9.17, 15) is 0 Å². The van der Waals surface area contributed by atoms with E-state index in [-0.39, 0.29) is 5.60 Å². The normalized spacial score (nSPS) is 26.4. The largest absolute Gasteiger partial charge is 0.374 e. The van der Waals surface area contributed by atoms with Crippen molar-refractivity contribution in [2.75, 3.05) is 13.2 Å². The van der Waals surface area contributed by atoms with E-state index in [2.05, 4.69) is 20.8 Å². The van der Waals surface area contributed by atoms with Gasteiger partial charge in [0.15, 0.2) is 0 Å². The molecule has 0 aromatic carbocycles. The van der Waals surface area contributed by atoms with Gasteiger partial charge in [0.25, 0.3) is 0 Å². The van der Waals surface area contributed by atoms with Crippen molar-refractivity contribution in [2.24, 2.45) is 17.6 Å². The third kappa shape index (κ3) is 7.15. The summed E-state index contributed by atoms with van der Waals surface area (Å²) in [5.41, 5.74) is 6.04. The van der Waals surface area contributed by atoms with Crippen molar-refractivity contribution in [2.45, 2.75) is 97.0 Å². The molecule has 0 unspecified atom stereocenters. The molecule has 0 aliphatic heterocycles. The molecule has 2 heteroatoms. The van der Waals surface area contributed by atoms with Gasteiger partial charge >= 0.3 is 0 Å². The predicted molar refractivity (Wildman–Crippen MR) is 92.5 cm³/mol. The van der Waals surface area contributed by atoms with E-state index >= 15 is 0 Å². The first-order chi connectivity index (χ1) is 10.1. The van der Waals surface area contributed by atoms with Gasteiger partial charge in [-0.15, -0.1) is 0 Å². The molecule has 2 N–H and O–H groups in total. The lowest BCUT2D eigenvalue weighted by molar-refractivity contribution is -0.0756. The molecular formula is C19H39NO. The molecule has 0 saturated heterocycles. The molecule has 0 atom stereocenters. The lowest BCUT2D eigenvalue weighted by atomic mass is 9.74. The van der Waals surface area contributed by atoms with E-state index in [0.29, 0.717) is 6.54 Å². The van der Waals surface area contributed by atoms with Crippen molar-refractivity contribution in [3.63, 3.8) is 0 Å². The van der Waals surface area contributed by atoms with Gasteiger partial charge in [-0.3, -0.25) is 0 Å². The van der Waals surface area contributed by atoms with Gasteiger partial charge in [-0.1, -0.05) is 59.3 Å². The second kappa shape index (κ2) is 10.6. The van der Waals surface area contributed by atoms with Crippen molar-refractivity contribution in [3.8, 4) is 0 Å². The van der Waals surface area contributed by atoms with Crippen LogP contribution in [0.3, 0.4) is 0 Å². The maximum atomic E-state index is 6.25. The van der Waals surface area contributed by atoms with Crippen LogP contribution in [0.15, 0.2) is 0 Å². The first-order valence-electron chi connectivity index (χ1n) is 9.47. The maximum Gasteiger partial charge on any atom is 0.0804 e. The van der Waals surface area contributed by atoms with Crippen LogP contribution < -0.4 is 5.73 Å². The molecule has 1 fully saturated rings. The molecule has 0 spiro atoms. The molecule has 0 amide bonds. The van der Waals surface area contributed by atoms with Crippen molar-refractivity contribution in [1.29, 1.82) is 0 Å². The highest BCUT2D eigenvalue weighted by Gasteiger charge is 2.35. The number of ether oxygens (including phenoxy) is 1. The van der Waals surface area contributed by atoms with E-state index < -0.39 is 0 Å². The summed E-state index contributed by atoms with van der Waals surface area (Å²) >= 11 is 0. The Bertz CT molecular complexity index is 244. The molecule has 0 bridgehead atoms. The van der Waals surface area contributed by atoms with E-state index in [1.165, 1.54) is 70.6 Å². The number of hydrogen-bond donors (Lipinski definition) is 1. The predicted octanol–water partition coefficient (Wildman–Crippen LogP) is 5.30. The highest BCUT2D eigenvalue weighted by atomic mass is 16.5. The zero-order valence-electron chi connectivity index (χ0n) is 14.8. The summed E-state index contributed by atoms with van der Waals surface area (Å²) in [6.07, 6.45) is 14.4. The number of rotatable bonds is 11. The minimum atomic E-state index is 0.00754. The van der Waals surface area contributed by atoms with Crippen molar-refractivity contribution < 1.29 is 4.74 Å². The second-order valence-electron chi connectivity index (χ2n) is 7.44. The van der Waals surface area contributed by atoms with Crippen molar-refractivity contribution >= 4 is 0 Å². The topological polar surface area (TPSA) is 35.2 Å². The fourth-order valence-electron chi connectivity index (χ4n) is 3.59. The molecule has 1 saturated carbocycles. The Balaban J connectivity index is 2.11. The summed E-state index contributed by atoms with van der Waals surface area (Å²) in [5, 5.41) is 0. The Morgan fingerprint density at radius 1 is 1.00 bits per heavy atom. The first-order valence-corrected chi connectivity index (χ1v) is 9.47. The second-order valence-corrected chi connectivity index (χ2v) is 7.44. The molecule has 1 aliphatic carbocycles. The maximum absolute atomic E-state index is 6.25. The van der Waals surface area contributed by atoms with Gasteiger partial charge < -0.3 is 10.5 Å².